The second kappa shape index (κ2) is 9.49. The minimum absolute atomic E-state index is 0.0650. The highest BCUT2D eigenvalue weighted by Gasteiger charge is 2.08. The second-order valence-electron chi connectivity index (χ2n) is 4.67. The first-order chi connectivity index (χ1) is 10.5. The number of nitrogens with zero attached hydrogens (tertiary/aromatic N) is 1. The highest BCUT2D eigenvalue weighted by Crippen LogP contribution is 2.16. The Morgan fingerprint density at radius 3 is 2.45 bits per heavy atom. The topological polar surface area (TPSA) is 88.1 Å². The van der Waals surface area contributed by atoms with Crippen molar-refractivity contribution in [3.05, 3.63) is 24.3 Å². The van der Waals surface area contributed by atoms with Crippen LogP contribution in [0.15, 0.2) is 24.3 Å². The molecule has 0 aromatic heterocycles. The molecule has 0 bridgehead atoms. The van der Waals surface area contributed by atoms with Crippen LogP contribution in [0.2, 0.25) is 0 Å². The Balaban J connectivity index is 2.13. The van der Waals surface area contributed by atoms with E-state index < -0.39 is 5.97 Å². The van der Waals surface area contributed by atoms with Gasteiger partial charge >= 0.3 is 12.0 Å². The minimum atomic E-state index is -0.924. The van der Waals surface area contributed by atoms with E-state index in [-0.39, 0.29) is 19.0 Å². The van der Waals surface area contributed by atoms with Crippen molar-refractivity contribution < 1.29 is 24.2 Å². The first-order valence-corrected chi connectivity index (χ1v) is 7.00. The summed E-state index contributed by atoms with van der Waals surface area (Å²) in [6, 6.07) is 6.97. The lowest BCUT2D eigenvalue weighted by atomic mass is 10.3. The maximum Gasteiger partial charge on any atom is 0.317 e. The molecule has 0 saturated carbocycles. The molecule has 122 valence electrons. The van der Waals surface area contributed by atoms with Gasteiger partial charge in [0.2, 0.25) is 0 Å². The van der Waals surface area contributed by atoms with Crippen molar-refractivity contribution in [3.63, 3.8) is 0 Å². The van der Waals surface area contributed by atoms with E-state index in [1.807, 2.05) is 24.3 Å². The van der Waals surface area contributed by atoms with E-state index in [9.17, 15) is 9.59 Å². The van der Waals surface area contributed by atoms with Crippen LogP contribution in [-0.4, -0.2) is 55.9 Å². The average Bonchev–Trinajstić information content (AvgIpc) is 2.52. The van der Waals surface area contributed by atoms with Crippen LogP contribution in [-0.2, 0) is 4.79 Å². The molecule has 0 spiro atoms. The van der Waals surface area contributed by atoms with Crippen molar-refractivity contribution in [2.24, 2.45) is 0 Å². The molecule has 0 saturated heterocycles. The number of carboxylic acid groups (broad SMARTS) is 1. The molecule has 22 heavy (non-hydrogen) atoms. The van der Waals surface area contributed by atoms with Crippen molar-refractivity contribution in [2.75, 3.05) is 33.9 Å². The Bertz CT molecular complexity index is 475. The van der Waals surface area contributed by atoms with Crippen LogP contribution in [0.3, 0.4) is 0 Å². The lowest BCUT2D eigenvalue weighted by Gasteiger charge is -2.16. The smallest absolute Gasteiger partial charge is 0.317 e. The van der Waals surface area contributed by atoms with Crippen LogP contribution >= 0.6 is 0 Å². The molecular formula is C15H22N2O5. The summed E-state index contributed by atoms with van der Waals surface area (Å²) in [5.74, 6) is 0.585. The number of hydrogen-bond acceptors (Lipinski definition) is 4. The first kappa shape index (κ1) is 17.6. The summed E-state index contributed by atoms with van der Waals surface area (Å²) in [5.41, 5.74) is 0. The monoisotopic (exact) mass is 310 g/mol. The summed E-state index contributed by atoms with van der Waals surface area (Å²) in [5, 5.41) is 11.3. The minimum Gasteiger partial charge on any atom is -0.497 e. The number of nitrogens with one attached hydrogen (secondary N) is 1. The van der Waals surface area contributed by atoms with Gasteiger partial charge in [0.15, 0.2) is 0 Å². The fraction of sp³-hybridized carbons (Fsp3) is 0.467. The Hall–Kier alpha value is -2.44. The maximum absolute atomic E-state index is 11.6. The lowest BCUT2D eigenvalue weighted by molar-refractivity contribution is -0.137. The van der Waals surface area contributed by atoms with Crippen LogP contribution in [0.25, 0.3) is 0 Å². The van der Waals surface area contributed by atoms with Crippen LogP contribution in [0, 0.1) is 0 Å². The fourth-order valence-corrected chi connectivity index (χ4v) is 1.63. The van der Waals surface area contributed by atoms with Gasteiger partial charge in [-0.05, 0) is 30.7 Å². The van der Waals surface area contributed by atoms with Gasteiger partial charge in [-0.2, -0.15) is 0 Å². The third-order valence-corrected chi connectivity index (χ3v) is 2.93. The first-order valence-electron chi connectivity index (χ1n) is 7.00. The molecule has 0 aliphatic rings. The summed E-state index contributed by atoms with van der Waals surface area (Å²) in [7, 11) is 3.16. The molecule has 1 aromatic rings. The van der Waals surface area contributed by atoms with Gasteiger partial charge < -0.3 is 24.8 Å². The van der Waals surface area contributed by atoms with Gasteiger partial charge in [0.25, 0.3) is 0 Å². The highest BCUT2D eigenvalue weighted by molar-refractivity contribution is 5.74. The molecule has 7 heteroatoms. The number of carbonyl (C=O) groups is 2. The molecule has 1 aromatic carbocycles. The number of benzene rings is 1. The standard InChI is InChI=1S/C15H22N2O5/c1-17(10-8-14(18)19)15(20)16-9-3-11-22-13-6-4-12(21-2)5-7-13/h4-7H,3,8-11H2,1-2H3,(H,16,20)(H,18,19). The summed E-state index contributed by atoms with van der Waals surface area (Å²) in [4.78, 5) is 23.4. The van der Waals surface area contributed by atoms with E-state index in [2.05, 4.69) is 5.32 Å². The van der Waals surface area contributed by atoms with Gasteiger partial charge in [0.05, 0.1) is 20.1 Å². The zero-order chi connectivity index (χ0) is 16.4. The van der Waals surface area contributed by atoms with E-state index in [0.29, 0.717) is 19.6 Å². The summed E-state index contributed by atoms with van der Waals surface area (Å²) in [6.07, 6.45) is 0.592. The molecule has 0 radical (unpaired) electrons. The number of ether oxygens (including phenoxy) is 2. The number of amides is 2. The van der Waals surface area contributed by atoms with Gasteiger partial charge in [0, 0.05) is 20.1 Å². The Kier molecular flexibility index (Phi) is 7.60. The molecule has 7 nitrogen and oxygen atoms in total. The van der Waals surface area contributed by atoms with Gasteiger partial charge in [0.1, 0.15) is 11.5 Å². The van der Waals surface area contributed by atoms with Crippen LogP contribution in [0.4, 0.5) is 4.79 Å². The summed E-state index contributed by atoms with van der Waals surface area (Å²) >= 11 is 0. The predicted octanol–water partition coefficient (Wildman–Crippen LogP) is 1.58. The number of rotatable bonds is 9. The third kappa shape index (κ3) is 6.83. The molecule has 2 N–H and O–H groups in total. The molecular weight excluding hydrogens is 288 g/mol. The van der Waals surface area contributed by atoms with Crippen molar-refractivity contribution in [2.45, 2.75) is 12.8 Å². The number of urea groups is 1. The van der Waals surface area contributed by atoms with E-state index in [0.717, 1.165) is 11.5 Å². The van der Waals surface area contributed by atoms with Gasteiger partial charge in [-0.25, -0.2) is 4.79 Å². The van der Waals surface area contributed by atoms with Gasteiger partial charge in [-0.1, -0.05) is 0 Å². The third-order valence-electron chi connectivity index (χ3n) is 2.93. The number of hydrogen-bond donors (Lipinski definition) is 2. The fourth-order valence-electron chi connectivity index (χ4n) is 1.63. The zero-order valence-corrected chi connectivity index (χ0v) is 12.9. The summed E-state index contributed by atoms with van der Waals surface area (Å²) in [6.45, 7) is 1.13. The molecule has 0 atom stereocenters. The van der Waals surface area contributed by atoms with E-state index in [1.165, 1.54) is 4.90 Å². The van der Waals surface area contributed by atoms with Crippen LogP contribution < -0.4 is 14.8 Å². The largest absolute Gasteiger partial charge is 0.497 e. The van der Waals surface area contributed by atoms with E-state index >= 15 is 0 Å². The number of aliphatic carboxylic acids is 1. The zero-order valence-electron chi connectivity index (χ0n) is 12.9. The van der Waals surface area contributed by atoms with E-state index in [1.54, 1.807) is 14.2 Å². The van der Waals surface area contributed by atoms with Crippen molar-refractivity contribution in [1.29, 1.82) is 0 Å². The Morgan fingerprint density at radius 1 is 1.23 bits per heavy atom. The molecule has 0 fully saturated rings. The quantitative estimate of drug-likeness (QED) is 0.676. The summed E-state index contributed by atoms with van der Waals surface area (Å²) < 4.78 is 10.6. The molecule has 1 rings (SSSR count). The molecule has 0 aliphatic carbocycles. The maximum atomic E-state index is 11.6. The van der Waals surface area contributed by atoms with Crippen molar-refractivity contribution in [1.82, 2.24) is 10.2 Å². The average molecular weight is 310 g/mol. The Labute approximate surface area is 129 Å². The number of carboxylic acids is 1. The predicted molar refractivity (Wildman–Crippen MR) is 81.4 cm³/mol. The van der Waals surface area contributed by atoms with Gasteiger partial charge in [-0.15, -0.1) is 0 Å². The van der Waals surface area contributed by atoms with Crippen molar-refractivity contribution in [3.8, 4) is 11.5 Å². The van der Waals surface area contributed by atoms with Crippen molar-refractivity contribution >= 4 is 12.0 Å². The normalized spacial score (nSPS) is 9.91. The lowest BCUT2D eigenvalue weighted by Crippen LogP contribution is -2.39. The molecule has 0 aliphatic heterocycles. The van der Waals surface area contributed by atoms with E-state index in [4.69, 9.17) is 14.6 Å². The van der Waals surface area contributed by atoms with Crippen LogP contribution in [0.5, 0.6) is 11.5 Å². The molecule has 0 heterocycles. The highest BCUT2D eigenvalue weighted by atomic mass is 16.5. The van der Waals surface area contributed by atoms with Gasteiger partial charge in [-0.3, -0.25) is 4.79 Å². The second-order valence-corrected chi connectivity index (χ2v) is 4.67. The number of methoxy groups -OCH3 is 1. The number of carbonyl (C=O) groups excluding carboxylic acids is 1. The SMILES string of the molecule is COc1ccc(OCCCNC(=O)N(C)CCC(=O)O)cc1. The Morgan fingerprint density at radius 2 is 1.86 bits per heavy atom. The van der Waals surface area contributed by atoms with Crippen LogP contribution in [0.1, 0.15) is 12.8 Å². The molecule has 2 amide bonds. The molecule has 0 unspecified atom stereocenters.